The molecular formula is C22H26ClFN2O3. The van der Waals surface area contributed by atoms with Gasteiger partial charge in [0.2, 0.25) is 5.91 Å². The van der Waals surface area contributed by atoms with E-state index in [1.54, 1.807) is 43.3 Å². The monoisotopic (exact) mass is 420 g/mol. The van der Waals surface area contributed by atoms with Crippen molar-refractivity contribution in [1.82, 2.24) is 10.2 Å². The number of hydrogen-bond donors (Lipinski definition) is 1. The summed E-state index contributed by atoms with van der Waals surface area (Å²) >= 11 is 6.07. The molecule has 0 fully saturated rings. The van der Waals surface area contributed by atoms with Crippen molar-refractivity contribution in [3.8, 4) is 5.75 Å². The van der Waals surface area contributed by atoms with Gasteiger partial charge >= 0.3 is 0 Å². The van der Waals surface area contributed by atoms with Crippen molar-refractivity contribution in [3.63, 3.8) is 0 Å². The fraction of sp³-hybridized carbons (Fsp3) is 0.364. The number of ether oxygens (including phenoxy) is 1. The highest BCUT2D eigenvalue weighted by Gasteiger charge is 2.26. The third-order valence-corrected chi connectivity index (χ3v) is 4.62. The maximum atomic E-state index is 13.2. The molecule has 0 aliphatic heterocycles. The van der Waals surface area contributed by atoms with Crippen molar-refractivity contribution in [3.05, 3.63) is 64.9 Å². The minimum atomic E-state index is -0.721. The summed E-state index contributed by atoms with van der Waals surface area (Å²) in [7, 11) is 0. The molecule has 0 saturated carbocycles. The molecule has 29 heavy (non-hydrogen) atoms. The second kappa shape index (κ2) is 10.8. The first-order valence-electron chi connectivity index (χ1n) is 9.47. The molecule has 0 aromatic heterocycles. The second-order valence-electron chi connectivity index (χ2n) is 7.18. The van der Waals surface area contributed by atoms with Crippen LogP contribution in [0.3, 0.4) is 0 Å². The molecule has 0 aliphatic rings. The van der Waals surface area contributed by atoms with Crippen LogP contribution in [0, 0.1) is 11.7 Å². The Labute approximate surface area is 175 Å². The summed E-state index contributed by atoms with van der Waals surface area (Å²) in [5, 5.41) is 3.24. The van der Waals surface area contributed by atoms with Crippen LogP contribution in [-0.4, -0.2) is 35.9 Å². The van der Waals surface area contributed by atoms with E-state index in [1.807, 2.05) is 13.8 Å². The van der Waals surface area contributed by atoms with E-state index < -0.39 is 6.04 Å². The van der Waals surface area contributed by atoms with Gasteiger partial charge in [0.1, 0.15) is 17.6 Å². The topological polar surface area (TPSA) is 58.6 Å². The van der Waals surface area contributed by atoms with E-state index in [1.165, 1.54) is 17.0 Å². The van der Waals surface area contributed by atoms with Crippen molar-refractivity contribution in [2.75, 3.05) is 13.2 Å². The number of nitrogens with one attached hydrogen (secondary N) is 1. The van der Waals surface area contributed by atoms with E-state index >= 15 is 0 Å². The molecule has 0 radical (unpaired) electrons. The van der Waals surface area contributed by atoms with Crippen LogP contribution < -0.4 is 10.1 Å². The van der Waals surface area contributed by atoms with Gasteiger partial charge in [0.15, 0.2) is 6.61 Å². The summed E-state index contributed by atoms with van der Waals surface area (Å²) in [4.78, 5) is 26.8. The average molecular weight is 421 g/mol. The molecule has 7 heteroatoms. The van der Waals surface area contributed by atoms with Gasteiger partial charge in [0.05, 0.1) is 5.02 Å². The number of carbonyl (C=O) groups is 2. The summed E-state index contributed by atoms with van der Waals surface area (Å²) < 4.78 is 18.8. The van der Waals surface area contributed by atoms with Gasteiger partial charge in [-0.25, -0.2) is 4.39 Å². The third kappa shape index (κ3) is 7.06. The summed E-state index contributed by atoms with van der Waals surface area (Å²) in [6, 6.07) is 11.9. The van der Waals surface area contributed by atoms with Crippen molar-refractivity contribution in [2.45, 2.75) is 33.4 Å². The van der Waals surface area contributed by atoms with Crippen LogP contribution in [-0.2, 0) is 16.1 Å². The summed E-state index contributed by atoms with van der Waals surface area (Å²) in [5.41, 5.74) is 0.709. The second-order valence-corrected chi connectivity index (χ2v) is 7.59. The molecule has 1 N–H and O–H groups in total. The molecule has 2 amide bonds. The van der Waals surface area contributed by atoms with Crippen LogP contribution in [0.25, 0.3) is 0 Å². The number of amides is 2. The summed E-state index contributed by atoms with van der Waals surface area (Å²) in [6.07, 6.45) is 0. The lowest BCUT2D eigenvalue weighted by molar-refractivity contribution is -0.142. The van der Waals surface area contributed by atoms with Crippen molar-refractivity contribution in [2.24, 2.45) is 5.92 Å². The number of hydrogen-bond acceptors (Lipinski definition) is 3. The fourth-order valence-corrected chi connectivity index (χ4v) is 2.80. The van der Waals surface area contributed by atoms with Gasteiger partial charge < -0.3 is 15.0 Å². The number of nitrogens with zero attached hydrogens (tertiary/aromatic N) is 1. The van der Waals surface area contributed by atoms with E-state index in [-0.39, 0.29) is 36.7 Å². The van der Waals surface area contributed by atoms with Crippen LogP contribution in [0.1, 0.15) is 26.3 Å². The number of benzene rings is 2. The molecule has 5 nitrogen and oxygen atoms in total. The Bertz CT molecular complexity index is 827. The average Bonchev–Trinajstić information content (AvgIpc) is 2.70. The van der Waals surface area contributed by atoms with Gasteiger partial charge in [-0.05, 0) is 42.7 Å². The van der Waals surface area contributed by atoms with E-state index in [2.05, 4.69) is 5.32 Å². The van der Waals surface area contributed by atoms with Crippen LogP contribution in [0.15, 0.2) is 48.5 Å². The lowest BCUT2D eigenvalue weighted by atomic mass is 10.1. The van der Waals surface area contributed by atoms with Gasteiger partial charge in [-0.15, -0.1) is 0 Å². The smallest absolute Gasteiger partial charge is 0.261 e. The molecule has 156 valence electrons. The molecule has 1 atom stereocenters. The van der Waals surface area contributed by atoms with Crippen LogP contribution in [0.2, 0.25) is 5.02 Å². The highest BCUT2D eigenvalue weighted by Crippen LogP contribution is 2.23. The van der Waals surface area contributed by atoms with Crippen LogP contribution >= 0.6 is 11.6 Å². The number of para-hydroxylation sites is 1. The van der Waals surface area contributed by atoms with Crippen molar-refractivity contribution in [1.29, 1.82) is 0 Å². The standard InChI is InChI=1S/C22H26ClFN2O3/c1-15(2)12-25-22(28)16(3)26(13-17-8-10-18(24)11-9-17)21(27)14-29-20-7-5-4-6-19(20)23/h4-11,15-16H,12-14H2,1-3H3,(H,25,28)/t16-/m0/s1. The minimum absolute atomic E-state index is 0.154. The lowest BCUT2D eigenvalue weighted by Crippen LogP contribution is -2.49. The van der Waals surface area contributed by atoms with E-state index in [9.17, 15) is 14.0 Å². The lowest BCUT2D eigenvalue weighted by Gasteiger charge is -2.29. The largest absolute Gasteiger partial charge is 0.482 e. The summed E-state index contributed by atoms with van der Waals surface area (Å²) in [6.45, 7) is 6.03. The third-order valence-electron chi connectivity index (χ3n) is 4.31. The van der Waals surface area contributed by atoms with Crippen molar-refractivity contribution < 1.29 is 18.7 Å². The van der Waals surface area contributed by atoms with Gasteiger partial charge in [-0.2, -0.15) is 0 Å². The maximum absolute atomic E-state index is 13.2. The molecule has 0 saturated heterocycles. The van der Waals surface area contributed by atoms with Gasteiger partial charge in [0.25, 0.3) is 5.91 Å². The van der Waals surface area contributed by atoms with Gasteiger partial charge in [-0.1, -0.05) is 49.7 Å². The van der Waals surface area contributed by atoms with Crippen LogP contribution in [0.5, 0.6) is 5.75 Å². The maximum Gasteiger partial charge on any atom is 0.261 e. The van der Waals surface area contributed by atoms with E-state index in [0.717, 1.165) is 0 Å². The quantitative estimate of drug-likeness (QED) is 0.665. The molecule has 0 spiro atoms. The molecule has 0 heterocycles. The Morgan fingerprint density at radius 2 is 1.76 bits per heavy atom. The minimum Gasteiger partial charge on any atom is -0.482 e. The van der Waals surface area contributed by atoms with E-state index in [4.69, 9.17) is 16.3 Å². The van der Waals surface area contributed by atoms with Crippen LogP contribution in [0.4, 0.5) is 4.39 Å². The predicted molar refractivity (Wildman–Crippen MR) is 111 cm³/mol. The Hall–Kier alpha value is -2.60. The first-order valence-corrected chi connectivity index (χ1v) is 9.84. The molecule has 2 aromatic rings. The Morgan fingerprint density at radius 3 is 2.38 bits per heavy atom. The normalized spacial score (nSPS) is 11.8. The predicted octanol–water partition coefficient (Wildman–Crippen LogP) is 4.05. The molecule has 2 rings (SSSR count). The first kappa shape index (κ1) is 22.7. The zero-order valence-corrected chi connectivity index (χ0v) is 17.6. The number of carbonyl (C=O) groups excluding carboxylic acids is 2. The van der Waals surface area contributed by atoms with Gasteiger partial charge in [0, 0.05) is 13.1 Å². The highest BCUT2D eigenvalue weighted by molar-refractivity contribution is 6.32. The molecule has 0 unspecified atom stereocenters. The van der Waals surface area contributed by atoms with E-state index in [0.29, 0.717) is 22.9 Å². The number of rotatable bonds is 9. The Morgan fingerprint density at radius 1 is 1.10 bits per heavy atom. The van der Waals surface area contributed by atoms with Gasteiger partial charge in [-0.3, -0.25) is 9.59 Å². The molecular weight excluding hydrogens is 395 g/mol. The zero-order chi connectivity index (χ0) is 21.4. The molecule has 0 aliphatic carbocycles. The zero-order valence-electron chi connectivity index (χ0n) is 16.8. The Kier molecular flexibility index (Phi) is 8.46. The summed E-state index contributed by atoms with van der Waals surface area (Å²) in [5.74, 6) is -0.318. The number of halogens is 2. The Balaban J connectivity index is 2.13. The molecule has 2 aromatic carbocycles. The molecule has 0 bridgehead atoms. The SMILES string of the molecule is CC(C)CNC(=O)[C@H](C)N(Cc1ccc(F)cc1)C(=O)COc1ccccc1Cl. The fourth-order valence-electron chi connectivity index (χ4n) is 2.61. The first-order chi connectivity index (χ1) is 13.8. The highest BCUT2D eigenvalue weighted by atomic mass is 35.5. The van der Waals surface area contributed by atoms with Crippen molar-refractivity contribution >= 4 is 23.4 Å².